The zero-order valence-electron chi connectivity index (χ0n) is 24.7. The molecule has 9 nitrogen and oxygen atoms in total. The Labute approximate surface area is 265 Å². The SMILES string of the molecule is CCOC(=O)c1cnc([C@@H]2CCN(C(=O)c3ccc(OCc4ccc(OC)cc4)c(OCc4ccc(OC)cc4)c3Cl)C2)s1. The van der Waals surface area contributed by atoms with Crippen molar-refractivity contribution in [1.82, 2.24) is 9.88 Å². The average Bonchev–Trinajstić information content (AvgIpc) is 3.75. The molecule has 4 aromatic rings. The number of benzene rings is 3. The molecule has 11 heteroatoms. The van der Waals surface area contributed by atoms with Gasteiger partial charge in [0.2, 0.25) is 0 Å². The quantitative estimate of drug-likeness (QED) is 0.157. The Morgan fingerprint density at radius 1 is 0.932 bits per heavy atom. The fraction of sp³-hybridized carbons (Fsp3) is 0.303. The zero-order valence-corrected chi connectivity index (χ0v) is 26.3. The highest BCUT2D eigenvalue weighted by atomic mass is 35.5. The van der Waals surface area contributed by atoms with Gasteiger partial charge in [0.25, 0.3) is 5.91 Å². The number of methoxy groups -OCH3 is 2. The number of ether oxygens (including phenoxy) is 5. The third kappa shape index (κ3) is 7.26. The molecule has 230 valence electrons. The van der Waals surface area contributed by atoms with E-state index in [-0.39, 0.29) is 41.8 Å². The largest absolute Gasteiger partial charge is 0.497 e. The number of hydrogen-bond acceptors (Lipinski definition) is 9. The van der Waals surface area contributed by atoms with Crippen LogP contribution in [-0.4, -0.2) is 55.7 Å². The van der Waals surface area contributed by atoms with E-state index in [4.69, 9.17) is 35.3 Å². The lowest BCUT2D eigenvalue weighted by atomic mass is 10.1. The number of aromatic nitrogens is 1. The highest BCUT2D eigenvalue weighted by Gasteiger charge is 2.32. The number of esters is 1. The van der Waals surface area contributed by atoms with Crippen molar-refractivity contribution in [3.05, 3.63) is 98.5 Å². The summed E-state index contributed by atoms with van der Waals surface area (Å²) in [6.07, 6.45) is 2.26. The maximum atomic E-state index is 13.7. The maximum Gasteiger partial charge on any atom is 0.349 e. The van der Waals surface area contributed by atoms with Crippen molar-refractivity contribution in [2.75, 3.05) is 33.9 Å². The minimum atomic E-state index is -0.384. The van der Waals surface area contributed by atoms with Crippen LogP contribution in [0.1, 0.15) is 55.4 Å². The number of hydrogen-bond donors (Lipinski definition) is 0. The van der Waals surface area contributed by atoms with E-state index >= 15 is 0 Å². The molecule has 1 atom stereocenters. The lowest BCUT2D eigenvalue weighted by Crippen LogP contribution is -2.28. The van der Waals surface area contributed by atoms with E-state index in [0.29, 0.717) is 35.9 Å². The molecule has 1 saturated heterocycles. The molecule has 0 N–H and O–H groups in total. The zero-order chi connectivity index (χ0) is 31.1. The molecule has 1 amide bonds. The molecule has 44 heavy (non-hydrogen) atoms. The van der Waals surface area contributed by atoms with Crippen LogP contribution < -0.4 is 18.9 Å². The molecule has 2 heterocycles. The van der Waals surface area contributed by atoms with Gasteiger partial charge < -0.3 is 28.6 Å². The second kappa shape index (κ2) is 14.5. The fourth-order valence-corrected chi connectivity index (χ4v) is 6.03. The van der Waals surface area contributed by atoms with Crippen LogP contribution in [0.2, 0.25) is 5.02 Å². The van der Waals surface area contributed by atoms with Gasteiger partial charge in [-0.3, -0.25) is 4.79 Å². The van der Waals surface area contributed by atoms with E-state index in [1.54, 1.807) is 38.2 Å². The third-order valence-electron chi connectivity index (χ3n) is 7.21. The first-order chi connectivity index (χ1) is 21.4. The average molecular weight is 637 g/mol. The molecule has 0 radical (unpaired) electrons. The van der Waals surface area contributed by atoms with Gasteiger partial charge in [-0.15, -0.1) is 11.3 Å². The molecule has 0 aliphatic carbocycles. The van der Waals surface area contributed by atoms with Crippen LogP contribution in [0.3, 0.4) is 0 Å². The number of nitrogens with zero attached hydrogens (tertiary/aromatic N) is 2. The Bertz CT molecular complexity index is 1590. The Kier molecular flexibility index (Phi) is 10.2. The van der Waals surface area contributed by atoms with Crippen molar-refractivity contribution in [1.29, 1.82) is 0 Å². The molecule has 0 unspecified atom stereocenters. The maximum absolute atomic E-state index is 13.7. The minimum absolute atomic E-state index is 0.0174. The number of rotatable bonds is 12. The fourth-order valence-electron chi connectivity index (χ4n) is 4.80. The summed E-state index contributed by atoms with van der Waals surface area (Å²) in [6, 6.07) is 18.4. The third-order valence-corrected chi connectivity index (χ3v) is 8.73. The number of carbonyl (C=O) groups is 2. The van der Waals surface area contributed by atoms with Gasteiger partial charge in [0, 0.05) is 19.0 Å². The number of amides is 1. The Balaban J connectivity index is 1.34. The van der Waals surface area contributed by atoms with Crippen LogP contribution in [0.15, 0.2) is 66.9 Å². The van der Waals surface area contributed by atoms with Crippen molar-refractivity contribution in [3.63, 3.8) is 0 Å². The molecule has 0 saturated carbocycles. The molecule has 1 aliphatic heterocycles. The second-order valence-corrected chi connectivity index (χ2v) is 11.5. The first-order valence-electron chi connectivity index (χ1n) is 14.2. The van der Waals surface area contributed by atoms with E-state index in [2.05, 4.69) is 4.98 Å². The lowest BCUT2D eigenvalue weighted by molar-refractivity contribution is 0.0531. The topological polar surface area (TPSA) is 96.4 Å². The van der Waals surface area contributed by atoms with Crippen molar-refractivity contribution < 1.29 is 33.3 Å². The summed E-state index contributed by atoms with van der Waals surface area (Å²) >= 11 is 8.20. The molecule has 1 aliphatic rings. The molecule has 0 spiro atoms. The number of thiazole rings is 1. The van der Waals surface area contributed by atoms with E-state index < -0.39 is 0 Å². The predicted octanol–water partition coefficient (Wildman–Crippen LogP) is 6.78. The smallest absolute Gasteiger partial charge is 0.349 e. The molecule has 5 rings (SSSR count). The van der Waals surface area contributed by atoms with Gasteiger partial charge in [0.1, 0.15) is 29.6 Å². The van der Waals surface area contributed by atoms with E-state index in [0.717, 1.165) is 34.1 Å². The Morgan fingerprint density at radius 2 is 1.57 bits per heavy atom. The highest BCUT2D eigenvalue weighted by molar-refractivity contribution is 7.13. The summed E-state index contributed by atoms with van der Waals surface area (Å²) in [5, 5.41) is 0.985. The molecule has 0 bridgehead atoms. The molecule has 1 aromatic heterocycles. The van der Waals surface area contributed by atoms with E-state index in [9.17, 15) is 9.59 Å². The molecule has 1 fully saturated rings. The van der Waals surface area contributed by atoms with Gasteiger partial charge in [0.05, 0.1) is 42.6 Å². The van der Waals surface area contributed by atoms with Crippen molar-refractivity contribution in [3.8, 4) is 23.0 Å². The van der Waals surface area contributed by atoms with E-state index in [1.807, 2.05) is 48.5 Å². The summed E-state index contributed by atoms with van der Waals surface area (Å²) < 4.78 is 27.9. The lowest BCUT2D eigenvalue weighted by Gasteiger charge is -2.20. The summed E-state index contributed by atoms with van der Waals surface area (Å²) in [4.78, 5) is 32.5. The van der Waals surface area contributed by atoms with Gasteiger partial charge in [-0.1, -0.05) is 35.9 Å². The molecular formula is C33H33ClN2O7S. The molecule has 3 aromatic carbocycles. The van der Waals surface area contributed by atoms with Gasteiger partial charge in [-0.05, 0) is 60.9 Å². The highest BCUT2D eigenvalue weighted by Crippen LogP contribution is 2.40. The standard InChI is InChI=1S/C33H33ClN2O7S/c1-4-41-33(38)28-17-35-31(44-28)23-15-16-36(18-23)32(37)26-13-14-27(42-19-21-5-9-24(39-2)10-6-21)30(29(26)34)43-20-22-7-11-25(40-3)12-8-22/h5-14,17,23H,4,15-16,18-20H2,1-3H3/t23-/m1/s1. The van der Waals surface area contributed by atoms with Gasteiger partial charge >= 0.3 is 5.97 Å². The summed E-state index contributed by atoms with van der Waals surface area (Å²) in [7, 11) is 3.23. The van der Waals surface area contributed by atoms with Gasteiger partial charge in [0.15, 0.2) is 11.5 Å². The number of halogens is 1. The van der Waals surface area contributed by atoms with Gasteiger partial charge in [-0.25, -0.2) is 9.78 Å². The second-order valence-electron chi connectivity index (χ2n) is 10.0. The van der Waals surface area contributed by atoms with Crippen LogP contribution in [0.4, 0.5) is 0 Å². The number of likely N-dealkylation sites (tertiary alicyclic amines) is 1. The van der Waals surface area contributed by atoms with E-state index in [1.165, 1.54) is 17.5 Å². The van der Waals surface area contributed by atoms with Crippen LogP contribution in [0, 0.1) is 0 Å². The van der Waals surface area contributed by atoms with Crippen molar-refractivity contribution >= 4 is 34.8 Å². The summed E-state index contributed by atoms with van der Waals surface area (Å²) in [5.74, 6) is 1.62. The van der Waals surface area contributed by atoms with Crippen molar-refractivity contribution in [2.45, 2.75) is 32.5 Å². The van der Waals surface area contributed by atoms with Crippen LogP contribution >= 0.6 is 22.9 Å². The minimum Gasteiger partial charge on any atom is -0.497 e. The summed E-state index contributed by atoms with van der Waals surface area (Å²) in [6.45, 7) is 3.53. The number of carbonyl (C=O) groups excluding carboxylic acids is 2. The Morgan fingerprint density at radius 3 is 2.18 bits per heavy atom. The van der Waals surface area contributed by atoms with Gasteiger partial charge in [-0.2, -0.15) is 0 Å². The van der Waals surface area contributed by atoms with Crippen LogP contribution in [0.25, 0.3) is 0 Å². The van der Waals surface area contributed by atoms with Crippen molar-refractivity contribution in [2.24, 2.45) is 0 Å². The first-order valence-corrected chi connectivity index (χ1v) is 15.4. The summed E-state index contributed by atoms with van der Waals surface area (Å²) in [5.41, 5.74) is 2.15. The monoisotopic (exact) mass is 636 g/mol. The predicted molar refractivity (Wildman–Crippen MR) is 167 cm³/mol. The normalized spacial score (nSPS) is 14.3. The van der Waals surface area contributed by atoms with Crippen LogP contribution in [0.5, 0.6) is 23.0 Å². The Hall–Kier alpha value is -4.28. The molecular weight excluding hydrogens is 604 g/mol. The van der Waals surface area contributed by atoms with Crippen LogP contribution in [-0.2, 0) is 18.0 Å². The first kappa shape index (κ1) is 31.2.